The molecule has 2 aromatic heterocycles. The third kappa shape index (κ3) is 6.14. The summed E-state index contributed by atoms with van der Waals surface area (Å²) in [5, 5.41) is 4.71. The molecule has 1 fully saturated rings. The second-order valence-corrected chi connectivity index (χ2v) is 12.3. The molecule has 1 amide bonds. The third-order valence-corrected chi connectivity index (χ3v) is 8.60. The van der Waals surface area contributed by atoms with E-state index in [9.17, 15) is 26.8 Å². The number of benzene rings is 3. The molecular formula is C31H28F2N6O6S. The lowest BCUT2D eigenvalue weighted by atomic mass is 10.1. The molecular weight excluding hydrogens is 622 g/mol. The van der Waals surface area contributed by atoms with E-state index < -0.39 is 39.1 Å². The van der Waals surface area contributed by atoms with Gasteiger partial charge in [-0.25, -0.2) is 17.5 Å². The number of hydrogen-bond acceptors (Lipinski definition) is 8. The Kier molecular flexibility index (Phi) is 8.19. The first-order valence-electron chi connectivity index (χ1n) is 14.1. The molecule has 3 aromatic carbocycles. The number of nitrogens with zero attached hydrogens (tertiary/aromatic N) is 3. The molecule has 46 heavy (non-hydrogen) atoms. The number of rotatable bonds is 9. The summed E-state index contributed by atoms with van der Waals surface area (Å²) in [7, 11) is -4.06. The number of nitrogen functional groups attached to an aromatic ring is 1. The van der Waals surface area contributed by atoms with Crippen LogP contribution in [-0.2, 0) is 19.6 Å². The summed E-state index contributed by atoms with van der Waals surface area (Å²) in [6.07, 6.45) is 1.32. The predicted molar refractivity (Wildman–Crippen MR) is 166 cm³/mol. The molecule has 1 saturated heterocycles. The van der Waals surface area contributed by atoms with Crippen LogP contribution in [0, 0.1) is 18.6 Å². The molecule has 15 heteroatoms. The molecule has 0 saturated carbocycles. The number of fused-ring (bicyclic) bond motifs is 1. The lowest BCUT2D eigenvalue weighted by Gasteiger charge is -2.26. The Labute approximate surface area is 261 Å². The maximum Gasteiger partial charge on any atom is 0.241 e. The first-order chi connectivity index (χ1) is 22.0. The van der Waals surface area contributed by atoms with Gasteiger partial charge in [0.25, 0.3) is 0 Å². The molecule has 4 N–H and O–H groups in total. The highest BCUT2D eigenvalue weighted by Crippen LogP contribution is 2.31. The standard InChI is InChI=1S/C31H28F2N6O6S/c1-18-14-19(45-27-7-2-4-22(32)29(27)33)8-9-26(18)39-31(34)21(16-35-39)30(41)25-15-20-23(36-25)5-3-6-24(20)37-46(42,43)17-28(40)38-10-12-44-13-11-38/h2-9,14-16,36-37H,10-13,17,34H2,1H3. The van der Waals surface area contributed by atoms with Gasteiger partial charge in [-0.15, -0.1) is 0 Å². The van der Waals surface area contributed by atoms with Gasteiger partial charge < -0.3 is 25.1 Å². The van der Waals surface area contributed by atoms with Crippen LogP contribution in [0.3, 0.4) is 0 Å². The molecule has 0 radical (unpaired) electrons. The maximum atomic E-state index is 14.1. The van der Waals surface area contributed by atoms with E-state index in [1.54, 1.807) is 31.2 Å². The summed E-state index contributed by atoms with van der Waals surface area (Å²) in [4.78, 5) is 30.5. The number of aromatic nitrogens is 3. The van der Waals surface area contributed by atoms with Crippen LogP contribution in [-0.4, -0.2) is 71.8 Å². The maximum absolute atomic E-state index is 14.1. The highest BCUT2D eigenvalue weighted by Gasteiger charge is 2.25. The monoisotopic (exact) mass is 650 g/mol. The van der Waals surface area contributed by atoms with Crippen LogP contribution in [0.15, 0.2) is 66.9 Å². The van der Waals surface area contributed by atoms with Crippen molar-refractivity contribution in [2.45, 2.75) is 6.92 Å². The minimum absolute atomic E-state index is 0.0409. The summed E-state index contributed by atoms with van der Waals surface area (Å²) in [5.41, 5.74) is 8.41. The lowest BCUT2D eigenvalue weighted by molar-refractivity contribution is -0.132. The molecule has 0 unspecified atom stereocenters. The van der Waals surface area contributed by atoms with Gasteiger partial charge in [-0.3, -0.25) is 14.3 Å². The normalized spacial score (nSPS) is 13.6. The number of aryl methyl sites for hydroxylation is 1. The Morgan fingerprint density at radius 2 is 1.85 bits per heavy atom. The van der Waals surface area contributed by atoms with Crippen LogP contribution in [0.5, 0.6) is 11.5 Å². The number of anilines is 2. The number of morpholine rings is 1. The second-order valence-electron chi connectivity index (χ2n) is 10.6. The SMILES string of the molecule is Cc1cc(Oc2cccc(F)c2F)ccc1-n1ncc(C(=O)c2cc3c(NS(=O)(=O)CC(=O)N4CCOCC4)cccc3[nH]2)c1N. The van der Waals surface area contributed by atoms with Gasteiger partial charge in [0.1, 0.15) is 17.3 Å². The van der Waals surface area contributed by atoms with Crippen molar-refractivity contribution in [3.63, 3.8) is 0 Å². The highest BCUT2D eigenvalue weighted by molar-refractivity contribution is 7.93. The number of H-pyrrole nitrogens is 1. The van der Waals surface area contributed by atoms with Crippen molar-refractivity contribution in [3.05, 3.63) is 95.3 Å². The number of carbonyl (C=O) groups is 2. The number of halogens is 2. The summed E-state index contributed by atoms with van der Waals surface area (Å²) >= 11 is 0. The third-order valence-electron chi connectivity index (χ3n) is 7.44. The van der Waals surface area contributed by atoms with E-state index in [4.69, 9.17) is 15.2 Å². The number of nitrogens with one attached hydrogen (secondary N) is 2. The van der Waals surface area contributed by atoms with Crippen molar-refractivity contribution in [3.8, 4) is 17.2 Å². The molecule has 5 aromatic rings. The molecule has 1 aliphatic heterocycles. The van der Waals surface area contributed by atoms with Gasteiger partial charge in [0.15, 0.2) is 11.6 Å². The van der Waals surface area contributed by atoms with Crippen LogP contribution in [0.2, 0.25) is 0 Å². The Bertz CT molecular complexity index is 2090. The summed E-state index contributed by atoms with van der Waals surface area (Å²) in [6, 6.07) is 14.7. The van der Waals surface area contributed by atoms with Gasteiger partial charge in [0, 0.05) is 24.0 Å². The number of amides is 1. The zero-order valence-electron chi connectivity index (χ0n) is 24.4. The largest absolute Gasteiger partial charge is 0.454 e. The van der Waals surface area contributed by atoms with Gasteiger partial charge in [0.05, 0.1) is 42.0 Å². The molecule has 3 heterocycles. The van der Waals surface area contributed by atoms with Crippen molar-refractivity contribution >= 4 is 44.1 Å². The van der Waals surface area contributed by atoms with E-state index in [1.165, 1.54) is 46.1 Å². The fraction of sp³-hybridized carbons (Fsp3) is 0.194. The molecule has 0 spiro atoms. The fourth-order valence-electron chi connectivity index (χ4n) is 5.13. The summed E-state index contributed by atoms with van der Waals surface area (Å²) in [6.45, 7) is 3.09. The van der Waals surface area contributed by atoms with E-state index in [1.807, 2.05) is 0 Å². The first-order valence-corrected chi connectivity index (χ1v) is 15.7. The zero-order chi connectivity index (χ0) is 32.6. The van der Waals surface area contributed by atoms with Gasteiger partial charge in [-0.2, -0.15) is 9.49 Å². The summed E-state index contributed by atoms with van der Waals surface area (Å²) in [5.74, 6) is -3.87. The van der Waals surface area contributed by atoms with Crippen LogP contribution >= 0.6 is 0 Å². The molecule has 1 aliphatic rings. The number of sulfonamides is 1. The van der Waals surface area contributed by atoms with Crippen molar-refractivity contribution in [2.24, 2.45) is 0 Å². The van der Waals surface area contributed by atoms with Gasteiger partial charge in [0.2, 0.25) is 27.5 Å². The number of ketones is 1. The average molecular weight is 651 g/mol. The van der Waals surface area contributed by atoms with Crippen molar-refractivity contribution in [2.75, 3.05) is 42.5 Å². The Balaban J connectivity index is 1.21. The number of nitrogens with two attached hydrogens (primary N) is 1. The van der Waals surface area contributed by atoms with Crippen LogP contribution in [0.25, 0.3) is 16.6 Å². The molecule has 0 bridgehead atoms. The molecule has 12 nitrogen and oxygen atoms in total. The van der Waals surface area contributed by atoms with Gasteiger partial charge >= 0.3 is 0 Å². The van der Waals surface area contributed by atoms with Crippen LogP contribution < -0.4 is 15.2 Å². The molecule has 0 atom stereocenters. The molecule has 0 aliphatic carbocycles. The van der Waals surface area contributed by atoms with Gasteiger partial charge in [-0.1, -0.05) is 12.1 Å². The molecule has 238 valence electrons. The van der Waals surface area contributed by atoms with Crippen molar-refractivity contribution < 1.29 is 36.3 Å². The van der Waals surface area contributed by atoms with Crippen LogP contribution in [0.4, 0.5) is 20.3 Å². The number of ether oxygens (including phenoxy) is 2. The predicted octanol–water partition coefficient (Wildman–Crippen LogP) is 4.15. The topological polar surface area (TPSA) is 162 Å². The van der Waals surface area contributed by atoms with E-state index in [0.717, 1.165) is 6.07 Å². The second kappa shape index (κ2) is 12.3. The number of aromatic amines is 1. The van der Waals surface area contributed by atoms with Crippen LogP contribution in [0.1, 0.15) is 21.6 Å². The minimum atomic E-state index is -4.06. The van der Waals surface area contributed by atoms with E-state index >= 15 is 0 Å². The average Bonchev–Trinajstić information content (AvgIpc) is 3.64. The summed E-state index contributed by atoms with van der Waals surface area (Å²) < 4.78 is 67.9. The van der Waals surface area contributed by atoms with Crippen molar-refractivity contribution in [1.82, 2.24) is 19.7 Å². The van der Waals surface area contributed by atoms with Gasteiger partial charge in [-0.05, 0) is 61.0 Å². The smallest absolute Gasteiger partial charge is 0.241 e. The Morgan fingerprint density at radius 1 is 1.09 bits per heavy atom. The van der Waals surface area contributed by atoms with E-state index in [-0.39, 0.29) is 34.3 Å². The number of carbonyl (C=O) groups excluding carboxylic acids is 2. The zero-order valence-corrected chi connectivity index (χ0v) is 25.2. The molecule has 6 rings (SSSR count). The van der Waals surface area contributed by atoms with Crippen molar-refractivity contribution in [1.29, 1.82) is 0 Å². The minimum Gasteiger partial charge on any atom is -0.454 e. The Hall–Kier alpha value is -5.28. The van der Waals surface area contributed by atoms with E-state index in [0.29, 0.717) is 48.5 Å². The quantitative estimate of drug-likeness (QED) is 0.201. The first kappa shape index (κ1) is 30.7. The highest BCUT2D eigenvalue weighted by atomic mass is 32.2. The number of hydrogen-bond donors (Lipinski definition) is 3. The Morgan fingerprint density at radius 3 is 2.61 bits per heavy atom. The van der Waals surface area contributed by atoms with E-state index in [2.05, 4.69) is 14.8 Å². The lowest BCUT2D eigenvalue weighted by Crippen LogP contribution is -2.44. The fourth-order valence-corrected chi connectivity index (χ4v) is 6.22.